The standard InChI is InChI=1S/C15H15N5OS/c1-10-7-13(20(2)19-10)18-14(21)8-11-9-22-15(17-11)12-5-3-4-6-16-12/h3-7,9H,8H2,1-2H3,(H,18,21). The normalized spacial score (nSPS) is 10.6. The number of anilines is 1. The number of rotatable bonds is 4. The van der Waals surface area contributed by atoms with Crippen LogP contribution in [0.5, 0.6) is 0 Å². The molecule has 3 heterocycles. The van der Waals surface area contributed by atoms with Crippen molar-refractivity contribution in [1.82, 2.24) is 19.7 Å². The topological polar surface area (TPSA) is 72.7 Å². The van der Waals surface area contributed by atoms with Crippen LogP contribution in [0.2, 0.25) is 0 Å². The van der Waals surface area contributed by atoms with Gasteiger partial charge in [0, 0.05) is 24.7 Å². The van der Waals surface area contributed by atoms with Gasteiger partial charge in [-0.05, 0) is 19.1 Å². The molecule has 3 rings (SSSR count). The largest absolute Gasteiger partial charge is 0.311 e. The highest BCUT2D eigenvalue weighted by Crippen LogP contribution is 2.21. The highest BCUT2D eigenvalue weighted by molar-refractivity contribution is 7.13. The Bertz CT molecular complexity index is 793. The Morgan fingerprint density at radius 1 is 1.41 bits per heavy atom. The maximum Gasteiger partial charge on any atom is 0.231 e. The molecule has 0 bridgehead atoms. The van der Waals surface area contributed by atoms with Crippen molar-refractivity contribution < 1.29 is 4.79 Å². The van der Waals surface area contributed by atoms with Crippen LogP contribution in [0, 0.1) is 6.92 Å². The van der Waals surface area contributed by atoms with Gasteiger partial charge in [-0.15, -0.1) is 11.3 Å². The number of carbonyl (C=O) groups excluding carboxylic acids is 1. The van der Waals surface area contributed by atoms with E-state index >= 15 is 0 Å². The molecule has 0 aliphatic heterocycles. The minimum Gasteiger partial charge on any atom is -0.311 e. The lowest BCUT2D eigenvalue weighted by molar-refractivity contribution is -0.115. The number of nitrogens with zero attached hydrogens (tertiary/aromatic N) is 4. The predicted octanol–water partition coefficient (Wildman–Crippen LogP) is 2.43. The first-order chi connectivity index (χ1) is 10.6. The Hall–Kier alpha value is -2.54. The van der Waals surface area contributed by atoms with Crippen LogP contribution in [0.4, 0.5) is 5.82 Å². The van der Waals surface area contributed by atoms with Crippen molar-refractivity contribution in [3.63, 3.8) is 0 Å². The zero-order valence-corrected chi connectivity index (χ0v) is 13.1. The lowest BCUT2D eigenvalue weighted by atomic mass is 10.3. The third-order valence-electron chi connectivity index (χ3n) is 3.05. The molecule has 0 atom stereocenters. The Morgan fingerprint density at radius 3 is 2.95 bits per heavy atom. The molecule has 0 aliphatic rings. The van der Waals surface area contributed by atoms with Gasteiger partial charge >= 0.3 is 0 Å². The van der Waals surface area contributed by atoms with Crippen molar-refractivity contribution in [2.75, 3.05) is 5.32 Å². The molecule has 0 radical (unpaired) electrons. The molecule has 0 aromatic carbocycles. The van der Waals surface area contributed by atoms with E-state index in [1.165, 1.54) is 11.3 Å². The zero-order chi connectivity index (χ0) is 15.5. The van der Waals surface area contributed by atoms with Crippen LogP contribution in [0.25, 0.3) is 10.7 Å². The molecule has 1 N–H and O–H groups in total. The molecule has 3 aromatic rings. The van der Waals surface area contributed by atoms with Gasteiger partial charge in [-0.1, -0.05) is 6.07 Å². The predicted molar refractivity (Wildman–Crippen MR) is 85.6 cm³/mol. The Balaban J connectivity index is 1.67. The SMILES string of the molecule is Cc1cc(NC(=O)Cc2csc(-c3ccccn3)n2)n(C)n1. The minimum absolute atomic E-state index is 0.110. The lowest BCUT2D eigenvalue weighted by Crippen LogP contribution is -2.16. The first-order valence-corrected chi connectivity index (χ1v) is 7.66. The molecule has 0 unspecified atom stereocenters. The third kappa shape index (κ3) is 3.20. The van der Waals surface area contributed by atoms with Crippen LogP contribution in [0.3, 0.4) is 0 Å². The van der Waals surface area contributed by atoms with Crippen molar-refractivity contribution in [2.24, 2.45) is 7.05 Å². The number of carbonyl (C=O) groups is 1. The van der Waals surface area contributed by atoms with E-state index in [0.29, 0.717) is 5.82 Å². The average molecular weight is 313 g/mol. The fraction of sp³-hybridized carbons (Fsp3) is 0.200. The number of nitrogens with one attached hydrogen (secondary N) is 1. The molecular weight excluding hydrogens is 298 g/mol. The number of aryl methyl sites for hydroxylation is 2. The lowest BCUT2D eigenvalue weighted by Gasteiger charge is -2.03. The third-order valence-corrected chi connectivity index (χ3v) is 3.96. The first kappa shape index (κ1) is 14.4. The van der Waals surface area contributed by atoms with Gasteiger partial charge in [0.15, 0.2) is 0 Å². The van der Waals surface area contributed by atoms with E-state index in [1.807, 2.05) is 36.6 Å². The Labute approximate surface area is 131 Å². The second-order valence-electron chi connectivity index (χ2n) is 4.88. The van der Waals surface area contributed by atoms with Gasteiger partial charge in [0.05, 0.1) is 23.5 Å². The molecule has 7 heteroatoms. The molecule has 0 saturated carbocycles. The molecule has 22 heavy (non-hydrogen) atoms. The molecule has 0 fully saturated rings. The molecule has 6 nitrogen and oxygen atoms in total. The van der Waals surface area contributed by atoms with Gasteiger partial charge in [0.2, 0.25) is 5.91 Å². The van der Waals surface area contributed by atoms with Crippen molar-refractivity contribution >= 4 is 23.1 Å². The number of amides is 1. The summed E-state index contributed by atoms with van der Waals surface area (Å²) < 4.78 is 1.65. The van der Waals surface area contributed by atoms with Crippen molar-refractivity contribution in [2.45, 2.75) is 13.3 Å². The van der Waals surface area contributed by atoms with E-state index in [4.69, 9.17) is 0 Å². The molecular formula is C15H15N5OS. The maximum absolute atomic E-state index is 12.1. The molecule has 1 amide bonds. The summed E-state index contributed by atoms with van der Waals surface area (Å²) in [6.07, 6.45) is 1.96. The summed E-state index contributed by atoms with van der Waals surface area (Å²) in [4.78, 5) is 20.8. The van der Waals surface area contributed by atoms with E-state index in [9.17, 15) is 4.79 Å². The Kier molecular flexibility index (Phi) is 3.97. The second kappa shape index (κ2) is 6.07. The van der Waals surface area contributed by atoms with Crippen molar-refractivity contribution in [3.05, 3.63) is 47.2 Å². The summed E-state index contributed by atoms with van der Waals surface area (Å²) >= 11 is 1.49. The fourth-order valence-corrected chi connectivity index (χ4v) is 2.87. The van der Waals surface area contributed by atoms with E-state index in [1.54, 1.807) is 17.9 Å². The number of hydrogen-bond acceptors (Lipinski definition) is 5. The molecule has 3 aromatic heterocycles. The summed E-state index contributed by atoms with van der Waals surface area (Å²) in [5.74, 6) is 0.573. The molecule has 112 valence electrons. The highest BCUT2D eigenvalue weighted by Gasteiger charge is 2.11. The second-order valence-corrected chi connectivity index (χ2v) is 5.74. The quantitative estimate of drug-likeness (QED) is 0.803. The summed E-state index contributed by atoms with van der Waals surface area (Å²) in [6.45, 7) is 1.88. The van der Waals surface area contributed by atoms with E-state index in [0.717, 1.165) is 22.1 Å². The van der Waals surface area contributed by atoms with Gasteiger partial charge in [-0.25, -0.2) is 4.98 Å². The van der Waals surface area contributed by atoms with Gasteiger partial charge < -0.3 is 5.32 Å². The molecule has 0 aliphatic carbocycles. The number of thiazole rings is 1. The van der Waals surface area contributed by atoms with Crippen LogP contribution in [0.15, 0.2) is 35.8 Å². The van der Waals surface area contributed by atoms with Crippen LogP contribution < -0.4 is 5.32 Å². The summed E-state index contributed by atoms with van der Waals surface area (Å²) in [7, 11) is 1.80. The first-order valence-electron chi connectivity index (χ1n) is 6.78. The van der Waals surface area contributed by atoms with Crippen molar-refractivity contribution in [1.29, 1.82) is 0 Å². The van der Waals surface area contributed by atoms with Crippen molar-refractivity contribution in [3.8, 4) is 10.7 Å². The molecule has 0 spiro atoms. The van der Waals surface area contributed by atoms with Crippen LogP contribution in [0.1, 0.15) is 11.4 Å². The van der Waals surface area contributed by atoms with E-state index in [-0.39, 0.29) is 12.3 Å². The monoisotopic (exact) mass is 313 g/mol. The summed E-state index contributed by atoms with van der Waals surface area (Å²) in [5, 5.41) is 9.74. The minimum atomic E-state index is -0.110. The van der Waals surface area contributed by atoms with Crippen LogP contribution in [-0.4, -0.2) is 25.7 Å². The summed E-state index contributed by atoms with van der Waals surface area (Å²) in [6, 6.07) is 7.52. The smallest absolute Gasteiger partial charge is 0.231 e. The van der Waals surface area contributed by atoms with Gasteiger partial charge in [-0.3, -0.25) is 14.5 Å². The zero-order valence-electron chi connectivity index (χ0n) is 12.3. The molecule has 0 saturated heterocycles. The van der Waals surface area contributed by atoms with E-state index in [2.05, 4.69) is 20.4 Å². The number of aromatic nitrogens is 4. The average Bonchev–Trinajstić information content (AvgIpc) is 3.07. The van der Waals surface area contributed by atoms with Gasteiger partial charge in [-0.2, -0.15) is 5.10 Å². The van der Waals surface area contributed by atoms with Gasteiger partial charge in [0.1, 0.15) is 10.8 Å². The fourth-order valence-electron chi connectivity index (χ4n) is 2.07. The van der Waals surface area contributed by atoms with Crippen LogP contribution >= 0.6 is 11.3 Å². The van der Waals surface area contributed by atoms with Crippen LogP contribution in [-0.2, 0) is 18.3 Å². The Morgan fingerprint density at radius 2 is 2.27 bits per heavy atom. The number of hydrogen-bond donors (Lipinski definition) is 1. The number of pyridine rings is 1. The van der Waals surface area contributed by atoms with Gasteiger partial charge in [0.25, 0.3) is 0 Å². The highest BCUT2D eigenvalue weighted by atomic mass is 32.1. The van der Waals surface area contributed by atoms with E-state index < -0.39 is 0 Å². The summed E-state index contributed by atoms with van der Waals surface area (Å²) in [5.41, 5.74) is 2.42. The maximum atomic E-state index is 12.1.